The van der Waals surface area contributed by atoms with E-state index < -0.39 is 83.8 Å². The molecule has 4 bridgehead atoms. The Hall–Kier alpha value is -5.02. The van der Waals surface area contributed by atoms with Crippen molar-refractivity contribution in [2.24, 2.45) is 23.7 Å². The molecule has 4 aliphatic rings. The van der Waals surface area contributed by atoms with Crippen LogP contribution in [0.3, 0.4) is 0 Å². The molecular weight excluding hydrogens is 734 g/mol. The van der Waals surface area contributed by atoms with E-state index in [1.807, 2.05) is 30.2 Å². The quantitative estimate of drug-likeness (QED) is 0.107. The van der Waals surface area contributed by atoms with E-state index in [1.54, 1.807) is 65.8 Å². The lowest BCUT2D eigenvalue weighted by atomic mass is 9.78. The minimum absolute atomic E-state index is 0.00576. The lowest BCUT2D eigenvalue weighted by molar-refractivity contribution is -0.181. The fourth-order valence-electron chi connectivity index (χ4n) is 8.42. The highest BCUT2D eigenvalue weighted by Crippen LogP contribution is 2.61. The average Bonchev–Trinajstić information content (AvgIpc) is 3.67. The van der Waals surface area contributed by atoms with Crippen LogP contribution in [0.15, 0.2) is 60.1 Å². The number of phenols is 2. The van der Waals surface area contributed by atoms with Crippen LogP contribution in [0.1, 0.15) is 72.6 Å². The minimum Gasteiger partial charge on any atom is -0.507 e. The van der Waals surface area contributed by atoms with Crippen LogP contribution in [0, 0.1) is 30.6 Å². The average molecular weight is 790 g/mol. The molecule has 2 aromatic rings. The Morgan fingerprint density at radius 2 is 1.65 bits per heavy atom. The second kappa shape index (κ2) is 15.7. The van der Waals surface area contributed by atoms with Gasteiger partial charge in [0.05, 0.1) is 41.3 Å². The first-order valence-corrected chi connectivity index (χ1v) is 19.3. The zero-order valence-electron chi connectivity index (χ0n) is 34.0. The van der Waals surface area contributed by atoms with Gasteiger partial charge in [0.15, 0.2) is 11.9 Å². The van der Waals surface area contributed by atoms with Crippen molar-refractivity contribution in [2.45, 2.75) is 105 Å². The number of aliphatic hydroxyl groups excluding tert-OH is 3. The van der Waals surface area contributed by atoms with Crippen molar-refractivity contribution < 1.29 is 54.1 Å². The summed E-state index contributed by atoms with van der Waals surface area (Å²) in [5.41, 5.74) is 2.60. The number of fused-ring (bicyclic) bond motifs is 2. The van der Waals surface area contributed by atoms with Gasteiger partial charge in [0.1, 0.15) is 29.5 Å². The van der Waals surface area contributed by atoms with Gasteiger partial charge in [-0.2, -0.15) is 0 Å². The molecule has 14 nitrogen and oxygen atoms in total. The smallest absolute Gasteiger partial charge is 0.302 e. The molecule has 7 N–H and O–H groups in total. The molecule has 57 heavy (non-hydrogen) atoms. The minimum atomic E-state index is -1.74. The highest BCUT2D eigenvalue weighted by molar-refractivity contribution is 6.20. The van der Waals surface area contributed by atoms with Crippen LogP contribution >= 0.6 is 0 Å². The zero-order valence-corrected chi connectivity index (χ0v) is 34.0. The summed E-state index contributed by atoms with van der Waals surface area (Å²) in [6.07, 6.45) is 7.95. The lowest BCUT2D eigenvalue weighted by Crippen LogP contribution is -2.46. The molecule has 4 heterocycles. The number of aromatic hydroxyl groups is 2. The summed E-state index contributed by atoms with van der Waals surface area (Å²) in [6, 6.07) is 0. The number of nitrogens with zero attached hydrogens (tertiary/aromatic N) is 1. The van der Waals surface area contributed by atoms with Gasteiger partial charge in [-0.3, -0.25) is 9.59 Å². The van der Waals surface area contributed by atoms with E-state index >= 15 is 0 Å². The summed E-state index contributed by atoms with van der Waals surface area (Å²) in [6.45, 7) is 15.0. The number of benzene rings is 2. The number of anilines is 3. The Bertz CT molecular complexity index is 2110. The summed E-state index contributed by atoms with van der Waals surface area (Å²) >= 11 is 0. The first kappa shape index (κ1) is 41.6. The van der Waals surface area contributed by atoms with E-state index in [2.05, 4.69) is 10.6 Å². The monoisotopic (exact) mass is 789 g/mol. The molecule has 2 unspecified atom stereocenters. The molecule has 0 aliphatic carbocycles. The van der Waals surface area contributed by atoms with Crippen LogP contribution in [-0.2, 0) is 23.8 Å². The van der Waals surface area contributed by atoms with Crippen molar-refractivity contribution in [3.63, 3.8) is 0 Å². The Balaban J connectivity index is 1.54. The third kappa shape index (κ3) is 7.24. The Kier molecular flexibility index (Phi) is 11.5. The van der Waals surface area contributed by atoms with Crippen LogP contribution in [0.4, 0.5) is 17.1 Å². The number of hydrogen-bond acceptors (Lipinski definition) is 13. The molecule has 6 rings (SSSR count). The van der Waals surface area contributed by atoms with Crippen LogP contribution in [-0.4, -0.2) is 80.9 Å². The van der Waals surface area contributed by atoms with Gasteiger partial charge in [0.25, 0.3) is 11.7 Å². The van der Waals surface area contributed by atoms with Gasteiger partial charge in [-0.25, -0.2) is 0 Å². The molecule has 14 heteroatoms. The number of allylic oxidation sites excluding steroid dienone is 4. The summed E-state index contributed by atoms with van der Waals surface area (Å²) in [7, 11) is 1.48. The molecular formula is C43H55N3O11. The molecule has 0 aromatic heterocycles. The number of phenolic OH excluding ortho intramolecular Hbond substituents is 2. The molecule has 0 saturated carbocycles. The topological polar surface area (TPSA) is 200 Å². The summed E-state index contributed by atoms with van der Waals surface area (Å²) in [4.78, 5) is 28.0. The number of carbonyl (C=O) groups is 2. The highest BCUT2D eigenvalue weighted by atomic mass is 16.7. The van der Waals surface area contributed by atoms with Gasteiger partial charge >= 0.3 is 5.97 Å². The van der Waals surface area contributed by atoms with Crippen LogP contribution < -0.4 is 20.3 Å². The Morgan fingerprint density at radius 1 is 0.947 bits per heavy atom. The fourth-order valence-corrected chi connectivity index (χ4v) is 8.42. The largest absolute Gasteiger partial charge is 0.507 e. The van der Waals surface area contributed by atoms with E-state index in [1.165, 1.54) is 27.2 Å². The molecule has 2 aromatic carbocycles. The first-order chi connectivity index (χ1) is 26.8. The zero-order chi connectivity index (χ0) is 41.8. The standard InChI is InChI=1S/C43H55N3O11/c1-19-14-16-46-28(18-19)44-32-29-30-37(50)25(7)40-31(29)41(52)43(9,57-40)55-17-15-27(54-10)22(4)39(56-26(8)47)24(6)36(49)23(5)35(48)20(2)12-11-13-21(3)42(53)45-33(34(32)46)38(30)51/h11-18,20,22-24,27-28,35-36,39,41,44,48-52H,1-10H3,(H,45,53)/b12-11+,17-15+,21-13-/t20-,22+,23+,24+,27-,28?,35-,36+,39+,41?,43-/m0/s1. The predicted octanol–water partition coefficient (Wildman–Crippen LogP) is 5.93. The van der Waals surface area contributed by atoms with Gasteiger partial charge in [-0.05, 0) is 44.6 Å². The number of rotatable bonds is 2. The van der Waals surface area contributed by atoms with Crippen LogP contribution in [0.5, 0.6) is 17.2 Å². The second-order valence-corrected chi connectivity index (χ2v) is 16.0. The van der Waals surface area contributed by atoms with Crippen LogP contribution in [0.25, 0.3) is 10.8 Å². The van der Waals surface area contributed by atoms with Gasteiger partial charge in [0, 0.05) is 72.9 Å². The molecule has 308 valence electrons. The number of methoxy groups -OCH3 is 1. The molecule has 4 aliphatic heterocycles. The van der Waals surface area contributed by atoms with Crippen LogP contribution in [0.2, 0.25) is 0 Å². The number of carbonyl (C=O) groups excluding carboxylic acids is 2. The number of nitrogens with one attached hydrogen (secondary N) is 2. The van der Waals surface area contributed by atoms with Gasteiger partial charge in [-0.1, -0.05) is 45.9 Å². The van der Waals surface area contributed by atoms with Crippen molar-refractivity contribution in [3.05, 3.63) is 71.2 Å². The third-order valence-electron chi connectivity index (χ3n) is 11.9. The van der Waals surface area contributed by atoms with E-state index in [-0.39, 0.29) is 44.7 Å². The molecule has 0 fully saturated rings. The van der Waals surface area contributed by atoms with Crippen molar-refractivity contribution in [3.8, 4) is 17.2 Å². The van der Waals surface area contributed by atoms with Gasteiger partial charge in [0.2, 0.25) is 0 Å². The number of esters is 1. The summed E-state index contributed by atoms with van der Waals surface area (Å²) < 4.78 is 24.1. The molecule has 1 amide bonds. The Labute approximate surface area is 332 Å². The molecule has 0 saturated heterocycles. The van der Waals surface area contributed by atoms with E-state index in [9.17, 15) is 35.1 Å². The van der Waals surface area contributed by atoms with E-state index in [4.69, 9.17) is 18.9 Å². The van der Waals surface area contributed by atoms with Crippen molar-refractivity contribution in [1.82, 2.24) is 0 Å². The number of ether oxygens (including phenoxy) is 4. The summed E-state index contributed by atoms with van der Waals surface area (Å²) in [5, 5.41) is 65.4. The maximum absolute atomic E-state index is 13.8. The maximum Gasteiger partial charge on any atom is 0.302 e. The normalized spacial score (nSPS) is 34.9. The number of amides is 1. The second-order valence-electron chi connectivity index (χ2n) is 16.0. The lowest BCUT2D eigenvalue weighted by Gasteiger charge is -2.38. The third-order valence-corrected chi connectivity index (χ3v) is 11.9. The van der Waals surface area contributed by atoms with Gasteiger partial charge < -0.3 is 60.0 Å². The van der Waals surface area contributed by atoms with Crippen molar-refractivity contribution in [1.29, 1.82) is 0 Å². The summed E-state index contributed by atoms with van der Waals surface area (Å²) in [5.74, 6) is -5.71. The SMILES string of the molecule is CO[C@H]1/C=C/O[C@@]2(C)Oc3c(C)c(O)c4c(O)c(c5c(c4c3C2O)NC2C=C(C)C=CN52)NC(=O)/C(C)=C\C=C\[C@H](C)[C@H](O)[C@@H](C)[C@@H](O)[C@@H](C)[C@H](OC(C)=O)[C@@H]1C. The van der Waals surface area contributed by atoms with Crippen molar-refractivity contribution >= 4 is 39.7 Å². The molecule has 0 radical (unpaired) electrons. The maximum atomic E-state index is 13.8. The van der Waals surface area contributed by atoms with E-state index in [0.29, 0.717) is 11.4 Å². The van der Waals surface area contributed by atoms with Crippen molar-refractivity contribution in [2.75, 3.05) is 22.6 Å². The van der Waals surface area contributed by atoms with E-state index in [0.717, 1.165) is 5.57 Å². The fraction of sp³-hybridized carbons (Fsp3) is 0.488. The Morgan fingerprint density at radius 3 is 2.32 bits per heavy atom. The predicted molar refractivity (Wildman–Crippen MR) is 216 cm³/mol. The first-order valence-electron chi connectivity index (χ1n) is 19.3. The number of hydrogen-bond donors (Lipinski definition) is 7. The van der Waals surface area contributed by atoms with Gasteiger partial charge in [-0.15, -0.1) is 0 Å². The molecule has 0 spiro atoms. The molecule has 11 atom stereocenters. The highest BCUT2D eigenvalue weighted by Gasteiger charge is 2.50. The number of aliphatic hydroxyl groups is 3.